The molecule has 2 rings (SSSR count). The van der Waals surface area contributed by atoms with Gasteiger partial charge in [0.25, 0.3) is 5.91 Å². The lowest BCUT2D eigenvalue weighted by Gasteiger charge is -2.16. The zero-order valence-corrected chi connectivity index (χ0v) is 13.6. The summed E-state index contributed by atoms with van der Waals surface area (Å²) in [5.41, 5.74) is 0.612. The molecular weight excluding hydrogens is 323 g/mol. The molecule has 23 heavy (non-hydrogen) atoms. The monoisotopic (exact) mass is 336 g/mol. The predicted octanol–water partition coefficient (Wildman–Crippen LogP) is 3.18. The lowest BCUT2D eigenvalue weighted by atomic mass is 10.2. The van der Waals surface area contributed by atoms with Crippen molar-refractivity contribution in [3.8, 4) is 18.1 Å². The molecule has 7 heteroatoms. The molecule has 1 heterocycles. The first-order chi connectivity index (χ1) is 10.8. The molecule has 0 unspecified atom stereocenters. The first-order valence-corrected chi connectivity index (χ1v) is 7.02. The number of hydrogen-bond acceptors (Lipinski definition) is 3. The quantitative estimate of drug-likeness (QED) is 0.484. The van der Waals surface area contributed by atoms with Gasteiger partial charge in [-0.15, -0.1) is 6.42 Å². The van der Waals surface area contributed by atoms with E-state index in [0.717, 1.165) is 11.0 Å². The summed E-state index contributed by atoms with van der Waals surface area (Å²) in [4.78, 5) is 26.7. The molecule has 5 nitrogen and oxygen atoms in total. The van der Waals surface area contributed by atoms with Crippen molar-refractivity contribution < 1.29 is 18.7 Å². The minimum atomic E-state index is -0.812. The Morgan fingerprint density at radius 3 is 2.57 bits per heavy atom. The maximum absolute atomic E-state index is 14.2. The van der Waals surface area contributed by atoms with Crippen molar-refractivity contribution >= 4 is 29.2 Å². The van der Waals surface area contributed by atoms with E-state index in [9.17, 15) is 14.0 Å². The summed E-state index contributed by atoms with van der Waals surface area (Å²) >= 11 is 5.88. The Labute approximate surface area is 138 Å². The third-order valence-corrected chi connectivity index (χ3v) is 3.54. The second-order valence-corrected chi connectivity index (χ2v) is 5.46. The molecule has 1 aliphatic rings. The Morgan fingerprint density at radius 1 is 1.39 bits per heavy atom. The summed E-state index contributed by atoms with van der Waals surface area (Å²) in [7, 11) is 1.45. The van der Waals surface area contributed by atoms with E-state index in [2.05, 4.69) is 5.92 Å². The largest absolute Gasteiger partial charge is 0.479 e. The van der Waals surface area contributed by atoms with Crippen LogP contribution in [0.3, 0.4) is 0 Å². The number of halogens is 2. The van der Waals surface area contributed by atoms with Crippen molar-refractivity contribution in [2.45, 2.75) is 13.8 Å². The van der Waals surface area contributed by atoms with Crippen molar-refractivity contribution in [2.75, 3.05) is 18.6 Å². The molecular formula is C16H14ClFN2O3. The van der Waals surface area contributed by atoms with Gasteiger partial charge in [-0.25, -0.2) is 14.1 Å². The van der Waals surface area contributed by atoms with Gasteiger partial charge in [-0.1, -0.05) is 17.5 Å². The second kappa shape index (κ2) is 6.31. The molecule has 1 aromatic carbocycles. The number of benzene rings is 1. The van der Waals surface area contributed by atoms with E-state index >= 15 is 0 Å². The molecule has 0 aromatic heterocycles. The topological polar surface area (TPSA) is 49.9 Å². The number of allylic oxidation sites excluding steroid dienone is 1. The van der Waals surface area contributed by atoms with Gasteiger partial charge in [-0.3, -0.25) is 9.69 Å². The number of carbonyl (C=O) groups is 2. The second-order valence-electron chi connectivity index (χ2n) is 5.06. The van der Waals surface area contributed by atoms with E-state index in [0.29, 0.717) is 5.57 Å². The van der Waals surface area contributed by atoms with Crippen LogP contribution in [0.15, 0.2) is 23.4 Å². The van der Waals surface area contributed by atoms with Crippen molar-refractivity contribution in [3.05, 3.63) is 34.2 Å². The van der Waals surface area contributed by atoms with Crippen molar-refractivity contribution in [3.63, 3.8) is 0 Å². The Morgan fingerprint density at radius 2 is 2.04 bits per heavy atom. The van der Waals surface area contributed by atoms with E-state index < -0.39 is 17.8 Å². The molecule has 0 atom stereocenters. The molecule has 1 aromatic rings. The number of terminal acetylenes is 1. The van der Waals surface area contributed by atoms with Gasteiger partial charge in [0.15, 0.2) is 0 Å². The third-order valence-electron chi connectivity index (χ3n) is 3.25. The fourth-order valence-corrected chi connectivity index (χ4v) is 2.47. The standard InChI is InChI=1S/C16H14ClFN2O3/c1-5-6-23-13-8-12(11(18)7-10(13)17)20-15(21)14(9(2)3)19(4)16(20)22/h1,7-8H,6H2,2-4H3. The molecule has 3 amide bonds. The highest BCUT2D eigenvalue weighted by atomic mass is 35.5. The summed E-state index contributed by atoms with van der Waals surface area (Å²) in [5, 5.41) is -0.00335. The van der Waals surface area contributed by atoms with E-state index in [1.54, 1.807) is 13.8 Å². The predicted molar refractivity (Wildman–Crippen MR) is 84.8 cm³/mol. The van der Waals surface area contributed by atoms with Crippen LogP contribution in [0.4, 0.5) is 14.9 Å². The van der Waals surface area contributed by atoms with Gasteiger partial charge in [0, 0.05) is 13.1 Å². The summed E-state index contributed by atoms with van der Waals surface area (Å²) in [6.45, 7) is 3.31. The van der Waals surface area contributed by atoms with Gasteiger partial charge in [0.05, 0.1) is 10.7 Å². The van der Waals surface area contributed by atoms with Gasteiger partial charge in [-0.05, 0) is 25.5 Å². The smallest absolute Gasteiger partial charge is 0.336 e. The highest BCUT2D eigenvalue weighted by Gasteiger charge is 2.41. The highest BCUT2D eigenvalue weighted by Crippen LogP contribution is 2.36. The number of rotatable bonds is 3. The number of amides is 3. The van der Waals surface area contributed by atoms with Crippen LogP contribution in [0.5, 0.6) is 5.75 Å². The molecule has 0 saturated carbocycles. The zero-order valence-electron chi connectivity index (χ0n) is 12.8. The van der Waals surface area contributed by atoms with Crippen LogP contribution in [-0.2, 0) is 4.79 Å². The number of likely N-dealkylation sites (N-methyl/N-ethyl adjacent to an activating group) is 1. The molecule has 1 aliphatic heterocycles. The number of ether oxygens (including phenoxy) is 1. The molecule has 0 radical (unpaired) electrons. The number of nitrogens with zero attached hydrogens (tertiary/aromatic N) is 2. The Hall–Kier alpha value is -2.52. The van der Waals surface area contributed by atoms with E-state index in [1.165, 1.54) is 18.0 Å². The highest BCUT2D eigenvalue weighted by molar-refractivity contribution is 6.32. The summed E-state index contributed by atoms with van der Waals surface area (Å²) in [6.07, 6.45) is 5.11. The van der Waals surface area contributed by atoms with Crippen LogP contribution in [-0.4, -0.2) is 30.5 Å². The minimum absolute atomic E-state index is 0.00335. The van der Waals surface area contributed by atoms with Crippen LogP contribution in [0.2, 0.25) is 5.02 Å². The van der Waals surface area contributed by atoms with Crippen LogP contribution in [0.25, 0.3) is 0 Å². The van der Waals surface area contributed by atoms with Crippen LogP contribution in [0.1, 0.15) is 13.8 Å². The Balaban J connectivity index is 2.54. The zero-order chi connectivity index (χ0) is 17.3. The third kappa shape index (κ3) is 2.88. The number of imide groups is 1. The number of anilines is 1. The van der Waals surface area contributed by atoms with Crippen LogP contribution < -0.4 is 9.64 Å². The summed E-state index contributed by atoms with van der Waals surface area (Å²) in [6, 6.07) is 1.51. The average Bonchev–Trinajstić information content (AvgIpc) is 2.69. The van der Waals surface area contributed by atoms with Crippen LogP contribution >= 0.6 is 11.6 Å². The molecule has 120 valence electrons. The minimum Gasteiger partial charge on any atom is -0.479 e. The fourth-order valence-electron chi connectivity index (χ4n) is 2.26. The van der Waals surface area contributed by atoms with E-state index in [4.69, 9.17) is 22.8 Å². The van der Waals surface area contributed by atoms with Gasteiger partial charge in [0.1, 0.15) is 23.9 Å². The number of carbonyl (C=O) groups excluding carboxylic acids is 2. The van der Waals surface area contributed by atoms with E-state index in [-0.39, 0.29) is 28.8 Å². The SMILES string of the molecule is C#CCOc1cc(N2C(=O)C(=C(C)C)N(C)C2=O)c(F)cc1Cl. The lowest BCUT2D eigenvalue weighted by Crippen LogP contribution is -2.32. The molecule has 0 bridgehead atoms. The van der Waals surface area contributed by atoms with Gasteiger partial charge < -0.3 is 4.74 Å². The maximum Gasteiger partial charge on any atom is 0.336 e. The summed E-state index contributed by atoms with van der Waals surface area (Å²) in [5.74, 6) is 0.927. The number of hydrogen-bond donors (Lipinski definition) is 0. The summed E-state index contributed by atoms with van der Waals surface area (Å²) < 4.78 is 19.4. The first kappa shape index (κ1) is 16.8. The molecule has 1 saturated heterocycles. The van der Waals surface area contributed by atoms with Crippen molar-refractivity contribution in [1.82, 2.24) is 4.90 Å². The normalized spacial score (nSPS) is 14.3. The maximum atomic E-state index is 14.2. The Bertz CT molecular complexity index is 763. The average molecular weight is 337 g/mol. The lowest BCUT2D eigenvalue weighted by molar-refractivity contribution is -0.114. The van der Waals surface area contributed by atoms with E-state index in [1.807, 2.05) is 0 Å². The van der Waals surface area contributed by atoms with Gasteiger partial charge in [-0.2, -0.15) is 0 Å². The molecule has 0 spiro atoms. The Kier molecular flexibility index (Phi) is 4.62. The van der Waals surface area contributed by atoms with Crippen molar-refractivity contribution in [1.29, 1.82) is 0 Å². The molecule has 1 fully saturated rings. The van der Waals surface area contributed by atoms with Gasteiger partial charge >= 0.3 is 6.03 Å². The van der Waals surface area contributed by atoms with Crippen LogP contribution in [0, 0.1) is 18.2 Å². The first-order valence-electron chi connectivity index (χ1n) is 6.64. The van der Waals surface area contributed by atoms with Gasteiger partial charge in [0.2, 0.25) is 0 Å². The fraction of sp³-hybridized carbons (Fsp3) is 0.250. The molecule has 0 N–H and O–H groups in total. The van der Waals surface area contributed by atoms with Crippen molar-refractivity contribution in [2.24, 2.45) is 0 Å². The number of urea groups is 1. The molecule has 0 aliphatic carbocycles.